The Morgan fingerprint density at radius 1 is 1.26 bits per heavy atom. The van der Waals surface area contributed by atoms with Crippen molar-refractivity contribution in [3.8, 4) is 0 Å². The first kappa shape index (κ1) is 15.2. The van der Waals surface area contributed by atoms with Gasteiger partial charge in [-0.25, -0.2) is 9.18 Å². The number of alkyl halides is 1. The van der Waals surface area contributed by atoms with Crippen molar-refractivity contribution in [1.82, 2.24) is 0 Å². The van der Waals surface area contributed by atoms with E-state index < -0.39 is 18.2 Å². The van der Waals surface area contributed by atoms with E-state index in [-0.39, 0.29) is 0 Å². The van der Waals surface area contributed by atoms with E-state index in [1.807, 2.05) is 43.3 Å². The minimum atomic E-state index is -1.31. The lowest BCUT2D eigenvalue weighted by Crippen LogP contribution is -2.23. The molecular weight excluding hydrogens is 293 g/mol. The van der Waals surface area contributed by atoms with E-state index in [0.29, 0.717) is 11.1 Å². The molecule has 4 heteroatoms. The van der Waals surface area contributed by atoms with Crippen LogP contribution in [0.1, 0.15) is 22.3 Å². The van der Waals surface area contributed by atoms with Gasteiger partial charge >= 0.3 is 5.97 Å². The number of nitrogens with zero attached hydrogens (tertiary/aromatic N) is 1. The van der Waals surface area contributed by atoms with Crippen LogP contribution in [0.15, 0.2) is 59.6 Å². The maximum Gasteiger partial charge on any atom is 0.340 e. The van der Waals surface area contributed by atoms with Crippen molar-refractivity contribution in [2.45, 2.75) is 19.1 Å². The first-order chi connectivity index (χ1) is 11.1. The van der Waals surface area contributed by atoms with Crippen LogP contribution in [-0.2, 0) is 11.5 Å². The van der Waals surface area contributed by atoms with Crippen LogP contribution in [-0.4, -0.2) is 22.8 Å². The Hall–Kier alpha value is -2.75. The lowest BCUT2D eigenvalue weighted by Gasteiger charge is -2.10. The molecule has 0 bridgehead atoms. The number of aliphatic carboxylic acids is 1. The largest absolute Gasteiger partial charge is 0.479 e. The maximum atomic E-state index is 12.8. The molecule has 3 nitrogen and oxygen atoms in total. The molecule has 1 aliphatic rings. The number of carboxylic acid groups (broad SMARTS) is 1. The molecular formula is C19H16FNO2. The molecule has 0 amide bonds. The van der Waals surface area contributed by atoms with Gasteiger partial charge in [0.15, 0.2) is 0 Å². The molecule has 0 aliphatic heterocycles. The van der Waals surface area contributed by atoms with Gasteiger partial charge in [-0.1, -0.05) is 48.5 Å². The van der Waals surface area contributed by atoms with Crippen molar-refractivity contribution in [2.75, 3.05) is 0 Å². The normalized spacial score (nSPS) is 19.7. The Kier molecular flexibility index (Phi) is 3.82. The number of hydrogen-bond donors (Lipinski definition) is 1. The first-order valence-electron chi connectivity index (χ1n) is 7.30. The van der Waals surface area contributed by atoms with Gasteiger partial charge in [0.2, 0.25) is 5.54 Å². The molecule has 0 radical (unpaired) electrons. The zero-order valence-corrected chi connectivity index (χ0v) is 12.7. The number of carbonyl (C=O) groups is 1. The van der Waals surface area contributed by atoms with Crippen LogP contribution in [0.2, 0.25) is 0 Å². The molecule has 3 rings (SSSR count). The predicted molar refractivity (Wildman–Crippen MR) is 88.4 cm³/mol. The minimum Gasteiger partial charge on any atom is -0.479 e. The molecule has 0 saturated heterocycles. The Morgan fingerprint density at radius 2 is 2.00 bits per heavy atom. The van der Waals surface area contributed by atoms with E-state index in [2.05, 4.69) is 4.99 Å². The third-order valence-corrected chi connectivity index (χ3v) is 4.02. The minimum absolute atomic E-state index is 0.526. The Morgan fingerprint density at radius 3 is 2.61 bits per heavy atom. The fourth-order valence-electron chi connectivity index (χ4n) is 2.54. The summed E-state index contributed by atoms with van der Waals surface area (Å²) >= 11 is 0. The SMILES string of the molecule is Cc1cc(C2=C[C@@]2(N=Cc2ccccc2)C(=O)O)ccc1CF. The Bertz CT molecular complexity index is 811. The molecule has 1 aliphatic carbocycles. The maximum absolute atomic E-state index is 12.8. The zero-order chi connectivity index (χ0) is 16.4. The summed E-state index contributed by atoms with van der Waals surface area (Å²) in [7, 11) is 0. The standard InChI is InChI=1S/C19H16FNO2/c1-13-9-15(7-8-16(13)11-20)17-10-19(17,18(22)23)21-12-14-5-3-2-4-6-14/h2-10,12H,11H2,1H3,(H,22,23)/t19-/m0/s1. The smallest absolute Gasteiger partial charge is 0.340 e. The number of halogens is 1. The van der Waals surface area contributed by atoms with E-state index in [1.54, 1.807) is 24.4 Å². The van der Waals surface area contributed by atoms with Crippen molar-refractivity contribution in [3.63, 3.8) is 0 Å². The van der Waals surface area contributed by atoms with Gasteiger partial charge in [-0.15, -0.1) is 0 Å². The topological polar surface area (TPSA) is 49.7 Å². The van der Waals surface area contributed by atoms with E-state index in [0.717, 1.165) is 16.7 Å². The number of carboxylic acids is 1. The Labute approximate surface area is 133 Å². The second-order valence-electron chi connectivity index (χ2n) is 5.57. The first-order valence-corrected chi connectivity index (χ1v) is 7.30. The molecule has 0 unspecified atom stereocenters. The average Bonchev–Trinajstić information content (AvgIpc) is 3.30. The van der Waals surface area contributed by atoms with Crippen molar-refractivity contribution < 1.29 is 14.3 Å². The van der Waals surface area contributed by atoms with E-state index in [4.69, 9.17) is 0 Å². The highest BCUT2D eigenvalue weighted by Gasteiger charge is 2.51. The third-order valence-electron chi connectivity index (χ3n) is 4.02. The van der Waals surface area contributed by atoms with Crippen LogP contribution in [0.25, 0.3) is 5.57 Å². The van der Waals surface area contributed by atoms with Gasteiger partial charge in [0.25, 0.3) is 0 Å². The Balaban J connectivity index is 1.88. The summed E-state index contributed by atoms with van der Waals surface area (Å²) in [6, 6.07) is 14.6. The fourth-order valence-corrected chi connectivity index (χ4v) is 2.54. The molecule has 0 aromatic heterocycles. The fraction of sp³-hybridized carbons (Fsp3) is 0.158. The molecule has 0 heterocycles. The summed E-state index contributed by atoms with van der Waals surface area (Å²) in [6.07, 6.45) is 3.19. The van der Waals surface area contributed by atoms with Gasteiger partial charge in [0.1, 0.15) is 6.67 Å². The summed E-state index contributed by atoms with van der Waals surface area (Å²) in [5.74, 6) is -1.01. The molecule has 0 fully saturated rings. The molecule has 1 atom stereocenters. The summed E-state index contributed by atoms with van der Waals surface area (Å²) in [5, 5.41) is 9.56. The van der Waals surface area contributed by atoms with Crippen LogP contribution in [0, 0.1) is 6.92 Å². The van der Waals surface area contributed by atoms with Crippen molar-refractivity contribution in [1.29, 1.82) is 0 Å². The number of hydrogen-bond acceptors (Lipinski definition) is 2. The molecule has 1 N–H and O–H groups in total. The molecule has 2 aromatic rings. The number of aliphatic imine (C=N–C) groups is 1. The van der Waals surface area contributed by atoms with Crippen LogP contribution in [0.3, 0.4) is 0 Å². The monoisotopic (exact) mass is 309 g/mol. The average molecular weight is 309 g/mol. The van der Waals surface area contributed by atoms with Crippen molar-refractivity contribution >= 4 is 17.8 Å². The second kappa shape index (κ2) is 5.80. The van der Waals surface area contributed by atoms with Gasteiger partial charge in [-0.2, -0.15) is 0 Å². The number of rotatable bonds is 5. The predicted octanol–water partition coefficient (Wildman–Crippen LogP) is 3.80. The van der Waals surface area contributed by atoms with Gasteiger partial charge in [-0.05, 0) is 35.3 Å². The quantitative estimate of drug-likeness (QED) is 0.854. The lowest BCUT2D eigenvalue weighted by molar-refractivity contribution is -0.138. The molecule has 2 aromatic carbocycles. The lowest BCUT2D eigenvalue weighted by atomic mass is 10.0. The molecule has 0 saturated carbocycles. The summed E-state index contributed by atoms with van der Waals surface area (Å²) in [6.45, 7) is 1.29. The van der Waals surface area contributed by atoms with Crippen LogP contribution in [0.4, 0.5) is 4.39 Å². The highest BCUT2D eigenvalue weighted by Crippen LogP contribution is 2.46. The highest BCUT2D eigenvalue weighted by atomic mass is 19.1. The number of aryl methyl sites for hydroxylation is 1. The summed E-state index contributed by atoms with van der Waals surface area (Å²) in [5.41, 5.74) is 2.38. The van der Waals surface area contributed by atoms with Crippen molar-refractivity contribution in [2.24, 2.45) is 4.99 Å². The summed E-state index contributed by atoms with van der Waals surface area (Å²) in [4.78, 5) is 15.9. The van der Waals surface area contributed by atoms with Crippen LogP contribution in [0.5, 0.6) is 0 Å². The molecule has 116 valence electrons. The second-order valence-corrected chi connectivity index (χ2v) is 5.57. The van der Waals surface area contributed by atoms with Gasteiger partial charge in [0.05, 0.1) is 0 Å². The number of benzene rings is 2. The zero-order valence-electron chi connectivity index (χ0n) is 12.7. The van der Waals surface area contributed by atoms with Gasteiger partial charge in [-0.3, -0.25) is 4.99 Å². The molecule has 0 spiro atoms. The summed E-state index contributed by atoms with van der Waals surface area (Å²) < 4.78 is 12.8. The van der Waals surface area contributed by atoms with Crippen LogP contribution < -0.4 is 0 Å². The van der Waals surface area contributed by atoms with E-state index in [9.17, 15) is 14.3 Å². The van der Waals surface area contributed by atoms with Gasteiger partial charge < -0.3 is 5.11 Å². The van der Waals surface area contributed by atoms with Crippen LogP contribution >= 0.6 is 0 Å². The third kappa shape index (κ3) is 2.80. The van der Waals surface area contributed by atoms with E-state index in [1.165, 1.54) is 0 Å². The highest BCUT2D eigenvalue weighted by molar-refractivity contribution is 6.11. The van der Waals surface area contributed by atoms with Crippen molar-refractivity contribution in [3.05, 3.63) is 76.9 Å². The van der Waals surface area contributed by atoms with Gasteiger partial charge in [0, 0.05) is 11.8 Å². The molecule has 23 heavy (non-hydrogen) atoms. The van der Waals surface area contributed by atoms with E-state index >= 15 is 0 Å².